The lowest BCUT2D eigenvalue weighted by Crippen LogP contribution is -2.38. The second-order valence-electron chi connectivity index (χ2n) is 7.87. The Morgan fingerprint density at radius 3 is 2.56 bits per heavy atom. The second-order valence-corrected chi connectivity index (χ2v) is 7.87. The van der Waals surface area contributed by atoms with Crippen LogP contribution in [0, 0.1) is 0 Å². The molecular formula is C23H30N4. The zero-order valence-corrected chi connectivity index (χ0v) is 16.6. The summed E-state index contributed by atoms with van der Waals surface area (Å²) in [6.45, 7) is 1.09. The molecule has 0 bridgehead atoms. The van der Waals surface area contributed by atoms with E-state index in [1.165, 1.54) is 49.3 Å². The zero-order chi connectivity index (χ0) is 18.6. The minimum absolute atomic E-state index is 0.545. The standard InChI is InChI=1S/C23H30N4/c1-26-17-9-16-22(26)25-23(27(2)19-12-4-3-5-13-19)24-21-15-8-11-18-10-6-7-14-20(18)21/h6-8,10-11,14-15,19H,3-5,9,12-13,16-17H2,1-2H3/b24-23-,25-22-. The van der Waals surface area contributed by atoms with Gasteiger partial charge in [0.2, 0.25) is 5.96 Å². The summed E-state index contributed by atoms with van der Waals surface area (Å²) in [7, 11) is 4.32. The summed E-state index contributed by atoms with van der Waals surface area (Å²) in [5.41, 5.74) is 1.01. The van der Waals surface area contributed by atoms with Gasteiger partial charge in [-0.1, -0.05) is 55.7 Å². The second kappa shape index (κ2) is 8.12. The molecule has 2 aliphatic rings. The first-order valence-electron chi connectivity index (χ1n) is 10.3. The van der Waals surface area contributed by atoms with Crippen LogP contribution in [0.25, 0.3) is 10.8 Å². The van der Waals surface area contributed by atoms with Crippen molar-refractivity contribution in [2.45, 2.75) is 51.0 Å². The van der Waals surface area contributed by atoms with Gasteiger partial charge < -0.3 is 9.80 Å². The molecule has 0 aromatic heterocycles. The number of fused-ring (bicyclic) bond motifs is 1. The Morgan fingerprint density at radius 2 is 1.78 bits per heavy atom. The zero-order valence-electron chi connectivity index (χ0n) is 16.6. The van der Waals surface area contributed by atoms with E-state index in [0.29, 0.717) is 6.04 Å². The lowest BCUT2D eigenvalue weighted by molar-refractivity contribution is 0.276. The third kappa shape index (κ3) is 4.00. The summed E-state index contributed by atoms with van der Waals surface area (Å²) in [4.78, 5) is 14.7. The molecule has 0 unspecified atom stereocenters. The highest BCUT2D eigenvalue weighted by Crippen LogP contribution is 2.28. The van der Waals surface area contributed by atoms with E-state index >= 15 is 0 Å². The molecule has 1 saturated carbocycles. The number of aliphatic imine (C=N–C) groups is 2. The van der Waals surface area contributed by atoms with E-state index in [2.05, 4.69) is 66.4 Å². The molecule has 1 heterocycles. The van der Waals surface area contributed by atoms with Crippen LogP contribution in [-0.2, 0) is 0 Å². The first-order valence-corrected chi connectivity index (χ1v) is 10.3. The third-order valence-corrected chi connectivity index (χ3v) is 5.99. The van der Waals surface area contributed by atoms with Crippen LogP contribution < -0.4 is 0 Å². The quantitative estimate of drug-likeness (QED) is 0.542. The van der Waals surface area contributed by atoms with Crippen LogP contribution in [0.1, 0.15) is 44.9 Å². The maximum atomic E-state index is 5.09. The van der Waals surface area contributed by atoms with Crippen LogP contribution in [0.15, 0.2) is 52.4 Å². The van der Waals surface area contributed by atoms with Crippen molar-refractivity contribution >= 4 is 28.3 Å². The minimum atomic E-state index is 0.545. The summed E-state index contributed by atoms with van der Waals surface area (Å²) < 4.78 is 0. The smallest absolute Gasteiger partial charge is 0.227 e. The molecule has 0 amide bonds. The number of likely N-dealkylation sites (tertiary alicyclic amines) is 1. The van der Waals surface area contributed by atoms with Crippen molar-refractivity contribution in [3.63, 3.8) is 0 Å². The van der Waals surface area contributed by atoms with Gasteiger partial charge in [-0.15, -0.1) is 0 Å². The first-order chi connectivity index (χ1) is 13.2. The Bertz CT molecular complexity index is 843. The van der Waals surface area contributed by atoms with Gasteiger partial charge >= 0.3 is 0 Å². The highest BCUT2D eigenvalue weighted by Gasteiger charge is 2.23. The van der Waals surface area contributed by atoms with Gasteiger partial charge in [0.25, 0.3) is 0 Å². The highest BCUT2D eigenvalue weighted by atomic mass is 15.3. The van der Waals surface area contributed by atoms with Gasteiger partial charge in [0.15, 0.2) is 0 Å². The number of benzene rings is 2. The van der Waals surface area contributed by atoms with E-state index in [9.17, 15) is 0 Å². The summed E-state index contributed by atoms with van der Waals surface area (Å²) >= 11 is 0. The highest BCUT2D eigenvalue weighted by molar-refractivity contribution is 6.00. The molecule has 0 atom stereocenters. The van der Waals surface area contributed by atoms with Crippen LogP contribution in [0.2, 0.25) is 0 Å². The number of nitrogens with zero attached hydrogens (tertiary/aromatic N) is 4. The molecule has 1 aliphatic heterocycles. The van der Waals surface area contributed by atoms with Crippen molar-refractivity contribution in [1.29, 1.82) is 0 Å². The van der Waals surface area contributed by atoms with Crippen LogP contribution in [0.5, 0.6) is 0 Å². The Hall–Kier alpha value is -2.36. The largest absolute Gasteiger partial charge is 0.363 e. The summed E-state index contributed by atoms with van der Waals surface area (Å²) in [5.74, 6) is 2.03. The van der Waals surface area contributed by atoms with Gasteiger partial charge in [0.05, 0.1) is 5.69 Å². The molecule has 27 heavy (non-hydrogen) atoms. The molecule has 2 aromatic rings. The number of hydrogen-bond acceptors (Lipinski definition) is 1. The maximum absolute atomic E-state index is 5.09. The van der Waals surface area contributed by atoms with Crippen molar-refractivity contribution in [3.8, 4) is 0 Å². The normalized spacial score (nSPS) is 20.6. The van der Waals surface area contributed by atoms with Crippen molar-refractivity contribution < 1.29 is 0 Å². The van der Waals surface area contributed by atoms with Gasteiger partial charge in [-0.05, 0) is 30.7 Å². The molecule has 2 fully saturated rings. The molecule has 1 saturated heterocycles. The maximum Gasteiger partial charge on any atom is 0.227 e. The molecule has 4 heteroatoms. The fraction of sp³-hybridized carbons (Fsp3) is 0.478. The molecule has 1 aliphatic carbocycles. The molecule has 0 radical (unpaired) electrons. The van der Waals surface area contributed by atoms with Gasteiger partial charge in [-0.25, -0.2) is 4.99 Å². The Labute approximate surface area is 162 Å². The van der Waals surface area contributed by atoms with Crippen LogP contribution in [-0.4, -0.2) is 48.3 Å². The van der Waals surface area contributed by atoms with Gasteiger partial charge in [0.1, 0.15) is 5.84 Å². The first kappa shape index (κ1) is 18.0. The van der Waals surface area contributed by atoms with E-state index < -0.39 is 0 Å². The predicted molar refractivity (Wildman–Crippen MR) is 115 cm³/mol. The molecule has 0 spiro atoms. The third-order valence-electron chi connectivity index (χ3n) is 5.99. The number of amidine groups is 1. The Balaban J connectivity index is 1.75. The van der Waals surface area contributed by atoms with Crippen LogP contribution >= 0.6 is 0 Å². The van der Waals surface area contributed by atoms with Crippen molar-refractivity contribution in [1.82, 2.24) is 9.80 Å². The lowest BCUT2D eigenvalue weighted by atomic mass is 9.95. The molecule has 0 N–H and O–H groups in total. The average molecular weight is 363 g/mol. The summed E-state index contributed by atoms with van der Waals surface area (Å²) in [6.07, 6.45) is 8.70. The minimum Gasteiger partial charge on any atom is -0.363 e. The molecule has 142 valence electrons. The summed E-state index contributed by atoms with van der Waals surface area (Å²) in [6, 6.07) is 15.4. The molecule has 4 rings (SSSR count). The topological polar surface area (TPSA) is 31.2 Å². The van der Waals surface area contributed by atoms with Gasteiger partial charge in [0, 0.05) is 38.5 Å². The van der Waals surface area contributed by atoms with Gasteiger partial charge in [-0.3, -0.25) is 0 Å². The number of rotatable bonds is 2. The average Bonchev–Trinajstić information content (AvgIpc) is 3.12. The van der Waals surface area contributed by atoms with E-state index in [1.807, 2.05) is 0 Å². The Kier molecular flexibility index (Phi) is 5.42. The van der Waals surface area contributed by atoms with E-state index in [1.54, 1.807) is 0 Å². The number of hydrogen-bond donors (Lipinski definition) is 0. The van der Waals surface area contributed by atoms with Crippen molar-refractivity contribution in [2.24, 2.45) is 9.98 Å². The fourth-order valence-corrected chi connectivity index (χ4v) is 4.28. The monoisotopic (exact) mass is 362 g/mol. The lowest BCUT2D eigenvalue weighted by Gasteiger charge is -2.32. The fourth-order valence-electron chi connectivity index (χ4n) is 4.28. The Morgan fingerprint density at radius 1 is 1.00 bits per heavy atom. The predicted octanol–water partition coefficient (Wildman–Crippen LogP) is 5.22. The van der Waals surface area contributed by atoms with E-state index in [-0.39, 0.29) is 0 Å². The van der Waals surface area contributed by atoms with Crippen molar-refractivity contribution in [3.05, 3.63) is 42.5 Å². The molecular weight excluding hydrogens is 332 g/mol. The molecule has 4 nitrogen and oxygen atoms in total. The number of guanidine groups is 1. The van der Waals surface area contributed by atoms with E-state index in [0.717, 1.165) is 30.4 Å². The van der Waals surface area contributed by atoms with Gasteiger partial charge in [-0.2, -0.15) is 4.99 Å². The van der Waals surface area contributed by atoms with Crippen LogP contribution in [0.4, 0.5) is 5.69 Å². The SMILES string of the molecule is CN1CCC/C1=N/C(=N/c1cccc2ccccc12)N(C)C1CCCCC1. The molecule has 2 aromatic carbocycles. The van der Waals surface area contributed by atoms with E-state index in [4.69, 9.17) is 9.98 Å². The van der Waals surface area contributed by atoms with Crippen LogP contribution in [0.3, 0.4) is 0 Å². The summed E-state index contributed by atoms with van der Waals surface area (Å²) in [5, 5.41) is 2.42. The van der Waals surface area contributed by atoms with Crippen molar-refractivity contribution in [2.75, 3.05) is 20.6 Å².